The van der Waals surface area contributed by atoms with Crippen molar-refractivity contribution in [2.45, 2.75) is 31.5 Å². The van der Waals surface area contributed by atoms with E-state index in [1.54, 1.807) is 0 Å². The predicted octanol–water partition coefficient (Wildman–Crippen LogP) is 0.868. The molecule has 1 saturated heterocycles. The molecule has 2 N–H and O–H groups in total. The van der Waals surface area contributed by atoms with E-state index in [4.69, 9.17) is 9.84 Å². The smallest absolute Gasteiger partial charge is 0.330 e. The van der Waals surface area contributed by atoms with Crippen molar-refractivity contribution in [3.63, 3.8) is 0 Å². The number of nitrogens with one attached hydrogen (secondary N) is 1. The summed E-state index contributed by atoms with van der Waals surface area (Å²) in [6, 6.07) is 0. The number of hydrogen-bond donors (Lipinski definition) is 2. The topological polar surface area (TPSA) is 84.3 Å². The standard InChI is InChI=1S/C11H12BrFN2O4/c12-4-3-6-5-15(11(18)14-10(6)17)8-2-1-7(19-8)9(13)16/h3-5,7-9,16H,1-2H2,(H,14,17,18)/b4-3+/t7-,8+,9?/m0/s1. The normalized spacial score (nSPS) is 25.0. The Kier molecular flexibility index (Phi) is 4.33. The molecule has 0 spiro atoms. The molecule has 3 atom stereocenters. The Hall–Kier alpha value is -1.25. The Morgan fingerprint density at radius 1 is 1.58 bits per heavy atom. The number of ether oxygens (including phenoxy) is 1. The fourth-order valence-electron chi connectivity index (χ4n) is 1.95. The minimum Gasteiger partial charge on any atom is -0.362 e. The molecule has 0 aromatic carbocycles. The first-order valence-electron chi connectivity index (χ1n) is 5.62. The second-order valence-electron chi connectivity index (χ2n) is 4.12. The Morgan fingerprint density at radius 3 is 2.89 bits per heavy atom. The van der Waals surface area contributed by atoms with E-state index in [9.17, 15) is 14.0 Å². The molecule has 19 heavy (non-hydrogen) atoms. The first kappa shape index (κ1) is 14.2. The summed E-state index contributed by atoms with van der Waals surface area (Å²) in [5.74, 6) is 0. The van der Waals surface area contributed by atoms with Crippen molar-refractivity contribution in [3.05, 3.63) is 37.6 Å². The molecule has 0 radical (unpaired) electrons. The molecule has 0 saturated carbocycles. The Morgan fingerprint density at radius 2 is 2.32 bits per heavy atom. The lowest BCUT2D eigenvalue weighted by Crippen LogP contribution is -2.34. The van der Waals surface area contributed by atoms with E-state index >= 15 is 0 Å². The van der Waals surface area contributed by atoms with Crippen LogP contribution >= 0.6 is 15.9 Å². The summed E-state index contributed by atoms with van der Waals surface area (Å²) < 4.78 is 19.2. The Labute approximate surface area is 115 Å². The summed E-state index contributed by atoms with van der Waals surface area (Å²) in [7, 11) is 0. The van der Waals surface area contributed by atoms with Gasteiger partial charge in [0.1, 0.15) is 12.3 Å². The molecule has 1 aromatic rings. The summed E-state index contributed by atoms with van der Waals surface area (Å²) in [4.78, 5) is 26.8. The van der Waals surface area contributed by atoms with Gasteiger partial charge in [0.05, 0.1) is 5.56 Å². The molecule has 2 rings (SSSR count). The largest absolute Gasteiger partial charge is 0.362 e. The number of nitrogens with zero attached hydrogens (tertiary/aromatic N) is 1. The van der Waals surface area contributed by atoms with Crippen LogP contribution < -0.4 is 11.2 Å². The van der Waals surface area contributed by atoms with Gasteiger partial charge < -0.3 is 9.84 Å². The molecule has 1 aliphatic heterocycles. The van der Waals surface area contributed by atoms with Gasteiger partial charge in [-0.25, -0.2) is 9.18 Å². The number of hydrogen-bond acceptors (Lipinski definition) is 4. The lowest BCUT2D eigenvalue weighted by atomic mass is 10.2. The number of halogens is 2. The molecule has 6 nitrogen and oxygen atoms in total. The zero-order valence-electron chi connectivity index (χ0n) is 9.75. The lowest BCUT2D eigenvalue weighted by molar-refractivity contribution is -0.110. The first-order valence-corrected chi connectivity index (χ1v) is 6.54. The highest BCUT2D eigenvalue weighted by atomic mass is 79.9. The molecule has 1 unspecified atom stereocenters. The van der Waals surface area contributed by atoms with Crippen LogP contribution in [0.2, 0.25) is 0 Å². The van der Waals surface area contributed by atoms with Crippen molar-refractivity contribution in [2.75, 3.05) is 0 Å². The van der Waals surface area contributed by atoms with Crippen LogP contribution in [0.15, 0.2) is 20.8 Å². The quantitative estimate of drug-likeness (QED) is 0.858. The van der Waals surface area contributed by atoms with Gasteiger partial charge in [0.25, 0.3) is 5.56 Å². The van der Waals surface area contributed by atoms with E-state index in [0.29, 0.717) is 12.8 Å². The zero-order valence-corrected chi connectivity index (χ0v) is 11.3. The van der Waals surface area contributed by atoms with Gasteiger partial charge in [-0.1, -0.05) is 15.9 Å². The summed E-state index contributed by atoms with van der Waals surface area (Å²) in [6.45, 7) is 0. The van der Waals surface area contributed by atoms with Gasteiger partial charge >= 0.3 is 5.69 Å². The predicted molar refractivity (Wildman–Crippen MR) is 69.5 cm³/mol. The highest BCUT2D eigenvalue weighted by molar-refractivity contribution is 9.11. The molecule has 0 aliphatic carbocycles. The summed E-state index contributed by atoms with van der Waals surface area (Å²) in [6.07, 6.45) is -0.208. The first-order chi connectivity index (χ1) is 9.02. The van der Waals surface area contributed by atoms with Gasteiger partial charge in [0, 0.05) is 6.20 Å². The number of alkyl halides is 1. The van der Waals surface area contributed by atoms with Gasteiger partial charge in [-0.15, -0.1) is 0 Å². The van der Waals surface area contributed by atoms with Gasteiger partial charge in [-0.2, -0.15) is 0 Å². The molecular weight excluding hydrogens is 323 g/mol. The highest BCUT2D eigenvalue weighted by Gasteiger charge is 2.32. The fraction of sp³-hybridized carbons (Fsp3) is 0.455. The third kappa shape index (κ3) is 3.02. The van der Waals surface area contributed by atoms with Crippen LogP contribution in [0.5, 0.6) is 0 Å². The second-order valence-corrected chi connectivity index (χ2v) is 4.65. The SMILES string of the molecule is O=c1[nH]c(=O)n([C@H]2CC[C@@H](C(O)F)O2)cc1/C=C/Br. The third-order valence-electron chi connectivity index (χ3n) is 2.88. The number of H-pyrrole nitrogens is 1. The van der Waals surface area contributed by atoms with Crippen molar-refractivity contribution >= 4 is 22.0 Å². The van der Waals surface area contributed by atoms with Crippen LogP contribution in [0, 0.1) is 0 Å². The average molecular weight is 335 g/mol. The number of rotatable bonds is 3. The zero-order chi connectivity index (χ0) is 14.0. The van der Waals surface area contributed by atoms with Crippen LogP contribution in [-0.4, -0.2) is 27.1 Å². The molecule has 104 valence electrons. The maximum absolute atomic E-state index is 12.7. The second kappa shape index (κ2) is 5.81. The summed E-state index contributed by atoms with van der Waals surface area (Å²) in [5, 5.41) is 8.81. The van der Waals surface area contributed by atoms with Crippen LogP contribution in [-0.2, 0) is 4.74 Å². The lowest BCUT2D eigenvalue weighted by Gasteiger charge is -2.16. The maximum Gasteiger partial charge on any atom is 0.330 e. The van der Waals surface area contributed by atoms with E-state index in [1.807, 2.05) is 0 Å². The number of aromatic amines is 1. The van der Waals surface area contributed by atoms with Gasteiger partial charge in [-0.3, -0.25) is 14.3 Å². The van der Waals surface area contributed by atoms with Crippen LogP contribution in [0.1, 0.15) is 24.6 Å². The number of aliphatic hydroxyl groups excluding tert-OH is 1. The van der Waals surface area contributed by atoms with Gasteiger partial charge in [0.2, 0.25) is 6.36 Å². The van der Waals surface area contributed by atoms with Crippen molar-refractivity contribution in [1.82, 2.24) is 9.55 Å². The molecule has 1 aromatic heterocycles. The summed E-state index contributed by atoms with van der Waals surface area (Å²) >= 11 is 3.04. The van der Waals surface area contributed by atoms with Crippen LogP contribution in [0.4, 0.5) is 4.39 Å². The molecule has 2 heterocycles. The van der Waals surface area contributed by atoms with Crippen molar-refractivity contribution < 1.29 is 14.2 Å². The van der Waals surface area contributed by atoms with E-state index in [2.05, 4.69) is 20.9 Å². The molecule has 0 bridgehead atoms. The number of aliphatic hydroxyl groups is 1. The van der Waals surface area contributed by atoms with E-state index in [1.165, 1.54) is 21.8 Å². The van der Waals surface area contributed by atoms with Crippen molar-refractivity contribution in [3.8, 4) is 0 Å². The van der Waals surface area contributed by atoms with Gasteiger partial charge in [-0.05, 0) is 23.9 Å². The highest BCUT2D eigenvalue weighted by Crippen LogP contribution is 2.29. The Balaban J connectivity index is 2.33. The molecule has 0 amide bonds. The Bertz CT molecular complexity index is 595. The minimum absolute atomic E-state index is 0.268. The van der Waals surface area contributed by atoms with Crippen molar-refractivity contribution in [2.24, 2.45) is 0 Å². The molecule has 1 aliphatic rings. The maximum atomic E-state index is 12.7. The molecule has 8 heteroatoms. The van der Waals surface area contributed by atoms with Crippen LogP contribution in [0.25, 0.3) is 6.08 Å². The summed E-state index contributed by atoms with van der Waals surface area (Å²) in [5.41, 5.74) is -0.878. The molecule has 1 fully saturated rings. The van der Waals surface area contributed by atoms with Crippen molar-refractivity contribution in [1.29, 1.82) is 0 Å². The van der Waals surface area contributed by atoms with E-state index in [-0.39, 0.29) is 5.56 Å². The number of aromatic nitrogens is 2. The monoisotopic (exact) mass is 334 g/mol. The van der Waals surface area contributed by atoms with Crippen LogP contribution in [0.3, 0.4) is 0 Å². The van der Waals surface area contributed by atoms with E-state index < -0.39 is 29.9 Å². The third-order valence-corrected chi connectivity index (χ3v) is 3.15. The average Bonchev–Trinajstić information content (AvgIpc) is 2.82. The van der Waals surface area contributed by atoms with E-state index in [0.717, 1.165) is 0 Å². The molecular formula is C11H12BrFN2O4. The fourth-order valence-corrected chi connectivity index (χ4v) is 2.24. The minimum atomic E-state index is -2.08. The van der Waals surface area contributed by atoms with Gasteiger partial charge in [0.15, 0.2) is 0 Å².